The molecule has 1 aromatic carbocycles. The van der Waals surface area contributed by atoms with Crippen LogP contribution in [0.15, 0.2) is 18.2 Å². The maximum atomic E-state index is 12.9. The molecule has 3 fully saturated rings. The number of carbonyl (C=O) groups excluding carboxylic acids is 3. The Morgan fingerprint density at radius 1 is 1.15 bits per heavy atom. The number of amides is 3. The van der Waals surface area contributed by atoms with Crippen molar-refractivity contribution in [3.05, 3.63) is 29.3 Å². The Hall–Kier alpha value is -2.92. The zero-order chi connectivity index (χ0) is 23.0. The summed E-state index contributed by atoms with van der Waals surface area (Å²) in [7, 11) is 0. The Bertz CT molecular complexity index is 1010. The normalized spacial score (nSPS) is 28.5. The van der Waals surface area contributed by atoms with Crippen molar-refractivity contribution in [2.45, 2.75) is 82.5 Å². The molecule has 4 aliphatic rings. The summed E-state index contributed by atoms with van der Waals surface area (Å²) in [5.74, 6) is -0.138. The van der Waals surface area contributed by atoms with Crippen LogP contribution in [0.5, 0.6) is 5.75 Å². The van der Waals surface area contributed by atoms with E-state index in [0.29, 0.717) is 25.1 Å². The molecule has 2 heterocycles. The van der Waals surface area contributed by atoms with Gasteiger partial charge < -0.3 is 15.0 Å². The zero-order valence-corrected chi connectivity index (χ0v) is 18.8. The molecule has 1 aromatic rings. The van der Waals surface area contributed by atoms with E-state index in [1.807, 2.05) is 12.1 Å². The van der Waals surface area contributed by atoms with Crippen LogP contribution in [0.25, 0.3) is 0 Å². The molecule has 8 heteroatoms. The van der Waals surface area contributed by atoms with Gasteiger partial charge in [0.1, 0.15) is 17.9 Å². The topological polar surface area (TPSA) is 112 Å². The summed E-state index contributed by atoms with van der Waals surface area (Å²) in [6.45, 7) is 1.06. The summed E-state index contributed by atoms with van der Waals surface area (Å²) >= 11 is 0. The largest absolute Gasteiger partial charge is 0.489 e. The molecular weight excluding hydrogens is 420 g/mol. The van der Waals surface area contributed by atoms with E-state index in [1.54, 1.807) is 11.0 Å². The van der Waals surface area contributed by atoms with Gasteiger partial charge in [-0.15, -0.1) is 0 Å². The van der Waals surface area contributed by atoms with Gasteiger partial charge in [-0.25, -0.2) is 0 Å². The van der Waals surface area contributed by atoms with Gasteiger partial charge >= 0.3 is 0 Å². The monoisotopic (exact) mass is 450 g/mol. The molecular formula is C25H30N4O4. The average molecular weight is 451 g/mol. The van der Waals surface area contributed by atoms with Gasteiger partial charge in [-0.2, -0.15) is 5.26 Å². The minimum absolute atomic E-state index is 0.0240. The van der Waals surface area contributed by atoms with Crippen LogP contribution in [0.1, 0.15) is 73.7 Å². The lowest BCUT2D eigenvalue weighted by atomic mass is 9.70. The molecule has 174 valence electrons. The Balaban J connectivity index is 1.25. The van der Waals surface area contributed by atoms with Crippen LogP contribution in [0.4, 0.5) is 0 Å². The van der Waals surface area contributed by atoms with Crippen LogP contribution in [-0.4, -0.2) is 47.4 Å². The third kappa shape index (κ3) is 4.22. The molecule has 1 unspecified atom stereocenters. The van der Waals surface area contributed by atoms with E-state index in [0.717, 1.165) is 56.3 Å². The van der Waals surface area contributed by atoms with Crippen molar-refractivity contribution in [3.63, 3.8) is 0 Å². The number of nitrogens with one attached hydrogen (secondary N) is 2. The van der Waals surface area contributed by atoms with Gasteiger partial charge in [0.15, 0.2) is 0 Å². The van der Waals surface area contributed by atoms with Crippen molar-refractivity contribution >= 4 is 17.7 Å². The molecule has 3 amide bonds. The number of nitriles is 1. The Kier molecular flexibility index (Phi) is 5.83. The summed E-state index contributed by atoms with van der Waals surface area (Å²) in [5, 5.41) is 15.5. The maximum Gasteiger partial charge on any atom is 0.255 e. The molecule has 2 aliphatic carbocycles. The first kappa shape index (κ1) is 21.9. The van der Waals surface area contributed by atoms with Crippen LogP contribution in [-0.2, 0) is 16.1 Å². The van der Waals surface area contributed by atoms with Gasteiger partial charge in [0.25, 0.3) is 5.91 Å². The van der Waals surface area contributed by atoms with Gasteiger partial charge in [-0.05, 0) is 62.3 Å². The molecule has 5 rings (SSSR count). The van der Waals surface area contributed by atoms with Crippen molar-refractivity contribution < 1.29 is 19.1 Å². The second kappa shape index (κ2) is 8.79. The number of nitrogens with zero attached hydrogens (tertiary/aromatic N) is 2. The predicted molar refractivity (Wildman–Crippen MR) is 119 cm³/mol. The summed E-state index contributed by atoms with van der Waals surface area (Å²) in [6, 6.07) is 7.62. The summed E-state index contributed by atoms with van der Waals surface area (Å²) in [5.41, 5.74) is 1.22. The van der Waals surface area contributed by atoms with E-state index in [4.69, 9.17) is 4.74 Å². The first-order valence-corrected chi connectivity index (χ1v) is 12.1. The average Bonchev–Trinajstić information content (AvgIpc) is 3.10. The molecule has 33 heavy (non-hydrogen) atoms. The molecule has 0 radical (unpaired) electrons. The van der Waals surface area contributed by atoms with E-state index >= 15 is 0 Å². The molecule has 2 saturated carbocycles. The number of carbonyl (C=O) groups is 3. The summed E-state index contributed by atoms with van der Waals surface area (Å²) < 4.78 is 6.40. The lowest BCUT2D eigenvalue weighted by Gasteiger charge is -2.39. The van der Waals surface area contributed by atoms with Crippen molar-refractivity contribution in [1.29, 1.82) is 5.26 Å². The molecule has 0 spiro atoms. The third-order valence-electron chi connectivity index (χ3n) is 7.74. The van der Waals surface area contributed by atoms with Crippen LogP contribution in [0.3, 0.4) is 0 Å². The first-order chi connectivity index (χ1) is 16.0. The number of hydrogen-bond acceptors (Lipinski definition) is 6. The molecule has 1 saturated heterocycles. The van der Waals surface area contributed by atoms with Gasteiger partial charge in [0.2, 0.25) is 11.8 Å². The molecule has 0 aromatic heterocycles. The van der Waals surface area contributed by atoms with Gasteiger partial charge in [-0.3, -0.25) is 19.7 Å². The standard InChI is InChI=1S/C25H30N4O4/c26-14-25(10-3-11-25)15-27-19-4-1-2-5-21(19)33-17-6-7-18-16(12-17)13-29(24(18)32)20-8-9-22(30)28-23(20)31/h6-7,12,19-21,27H,1-5,8-11,13,15H2,(H,28,30,31)/t19-,20?,21-/m0/s1. The van der Waals surface area contributed by atoms with Gasteiger partial charge in [0.05, 0.1) is 11.5 Å². The van der Waals surface area contributed by atoms with Crippen LogP contribution < -0.4 is 15.4 Å². The fraction of sp³-hybridized carbons (Fsp3) is 0.600. The van der Waals surface area contributed by atoms with Crippen LogP contribution >= 0.6 is 0 Å². The number of benzene rings is 1. The number of ether oxygens (including phenoxy) is 1. The zero-order valence-electron chi connectivity index (χ0n) is 18.8. The van der Waals surface area contributed by atoms with Crippen LogP contribution in [0, 0.1) is 16.7 Å². The van der Waals surface area contributed by atoms with Crippen molar-refractivity contribution in [2.75, 3.05) is 6.54 Å². The highest BCUT2D eigenvalue weighted by Crippen LogP contribution is 2.40. The van der Waals surface area contributed by atoms with E-state index in [2.05, 4.69) is 16.7 Å². The first-order valence-electron chi connectivity index (χ1n) is 12.1. The van der Waals surface area contributed by atoms with E-state index in [-0.39, 0.29) is 35.8 Å². The minimum atomic E-state index is -0.613. The Labute approximate surface area is 193 Å². The van der Waals surface area contributed by atoms with Crippen molar-refractivity contribution in [1.82, 2.24) is 15.5 Å². The van der Waals surface area contributed by atoms with Crippen molar-refractivity contribution in [2.24, 2.45) is 5.41 Å². The second-order valence-corrected chi connectivity index (χ2v) is 9.89. The number of rotatable bonds is 6. The Morgan fingerprint density at radius 2 is 1.97 bits per heavy atom. The van der Waals surface area contributed by atoms with E-state index in [9.17, 15) is 19.6 Å². The third-order valence-corrected chi connectivity index (χ3v) is 7.74. The quantitative estimate of drug-likeness (QED) is 0.644. The van der Waals surface area contributed by atoms with Crippen LogP contribution in [0.2, 0.25) is 0 Å². The van der Waals surface area contributed by atoms with Gasteiger partial charge in [0, 0.05) is 31.1 Å². The number of imide groups is 1. The molecule has 3 atom stereocenters. The Morgan fingerprint density at radius 3 is 2.70 bits per heavy atom. The van der Waals surface area contributed by atoms with Gasteiger partial charge in [-0.1, -0.05) is 12.8 Å². The van der Waals surface area contributed by atoms with E-state index in [1.165, 1.54) is 0 Å². The summed E-state index contributed by atoms with van der Waals surface area (Å²) in [4.78, 5) is 38.2. The smallest absolute Gasteiger partial charge is 0.255 e. The second-order valence-electron chi connectivity index (χ2n) is 9.89. The fourth-order valence-corrected chi connectivity index (χ4v) is 5.53. The lowest BCUT2D eigenvalue weighted by molar-refractivity contribution is -0.136. The minimum Gasteiger partial charge on any atom is -0.489 e. The van der Waals surface area contributed by atoms with Crippen molar-refractivity contribution in [3.8, 4) is 11.8 Å². The highest BCUT2D eigenvalue weighted by atomic mass is 16.5. The summed E-state index contributed by atoms with van der Waals surface area (Å²) in [6.07, 6.45) is 7.93. The fourth-order valence-electron chi connectivity index (χ4n) is 5.53. The predicted octanol–water partition coefficient (Wildman–Crippen LogP) is 2.42. The highest BCUT2D eigenvalue weighted by Gasteiger charge is 2.40. The lowest BCUT2D eigenvalue weighted by Crippen LogP contribution is -2.52. The maximum absolute atomic E-state index is 12.9. The molecule has 2 N–H and O–H groups in total. The number of fused-ring (bicyclic) bond motifs is 1. The molecule has 0 bridgehead atoms. The van der Waals surface area contributed by atoms with E-state index < -0.39 is 11.9 Å². The number of hydrogen-bond donors (Lipinski definition) is 2. The number of piperidine rings is 1. The molecule has 8 nitrogen and oxygen atoms in total. The molecule has 2 aliphatic heterocycles. The SMILES string of the molecule is N#CC1(CN[C@H]2CCCC[C@@H]2Oc2ccc3c(c2)CN(C2CCC(=O)NC2=O)C3=O)CCC1. The highest BCUT2D eigenvalue weighted by molar-refractivity contribution is 6.05.